The first-order chi connectivity index (χ1) is 6.77. The van der Waals surface area contributed by atoms with E-state index in [1.54, 1.807) is 12.5 Å². The van der Waals surface area contributed by atoms with Crippen molar-refractivity contribution in [3.05, 3.63) is 18.2 Å². The van der Waals surface area contributed by atoms with E-state index in [1.165, 1.54) is 11.5 Å². The van der Waals surface area contributed by atoms with E-state index in [4.69, 9.17) is 5.73 Å². The van der Waals surface area contributed by atoms with Gasteiger partial charge in [0.2, 0.25) is 0 Å². The molecule has 14 heavy (non-hydrogen) atoms. The number of hydrogen-bond donors (Lipinski definition) is 1. The molecule has 0 radical (unpaired) electrons. The lowest BCUT2D eigenvalue weighted by atomic mass is 10.1. The van der Waals surface area contributed by atoms with Crippen molar-refractivity contribution < 1.29 is 4.79 Å². The van der Waals surface area contributed by atoms with E-state index in [-0.39, 0.29) is 0 Å². The number of nitrogens with two attached hydrogens (primary N) is 1. The molecule has 2 rings (SSSR count). The van der Waals surface area contributed by atoms with Gasteiger partial charge < -0.3 is 10.3 Å². The lowest BCUT2D eigenvalue weighted by molar-refractivity contribution is 0.0996. The van der Waals surface area contributed by atoms with Crippen molar-refractivity contribution >= 4 is 17.7 Å². The zero-order chi connectivity index (χ0) is 9.97. The summed E-state index contributed by atoms with van der Waals surface area (Å²) < 4.78 is 2.01. The summed E-state index contributed by atoms with van der Waals surface area (Å²) >= 11 is 1.98. The molecule has 76 valence electrons. The first kappa shape index (κ1) is 9.58. The van der Waals surface area contributed by atoms with Crippen molar-refractivity contribution in [2.45, 2.75) is 18.9 Å². The van der Waals surface area contributed by atoms with Crippen molar-refractivity contribution in [2.75, 3.05) is 11.5 Å². The summed E-state index contributed by atoms with van der Waals surface area (Å²) in [5.74, 6) is 1.93. The monoisotopic (exact) mass is 211 g/mol. The van der Waals surface area contributed by atoms with Crippen molar-refractivity contribution in [2.24, 2.45) is 5.73 Å². The van der Waals surface area contributed by atoms with E-state index in [0.717, 1.165) is 12.8 Å². The van der Waals surface area contributed by atoms with Crippen LogP contribution in [0.4, 0.5) is 0 Å². The molecule has 2 N–H and O–H groups in total. The molecule has 0 atom stereocenters. The second-order valence-corrected chi connectivity index (χ2v) is 4.64. The lowest BCUT2D eigenvalue weighted by Gasteiger charge is -2.22. The molecule has 0 bridgehead atoms. The Morgan fingerprint density at radius 1 is 1.57 bits per heavy atom. The zero-order valence-corrected chi connectivity index (χ0v) is 8.67. The van der Waals surface area contributed by atoms with Crippen molar-refractivity contribution in [3.8, 4) is 0 Å². The van der Waals surface area contributed by atoms with Crippen LogP contribution >= 0.6 is 11.8 Å². The fourth-order valence-electron chi connectivity index (χ4n) is 1.65. The van der Waals surface area contributed by atoms with Crippen LogP contribution in [0.2, 0.25) is 0 Å². The summed E-state index contributed by atoms with van der Waals surface area (Å²) in [6.45, 7) is 0. The molecular weight excluding hydrogens is 198 g/mol. The summed E-state index contributed by atoms with van der Waals surface area (Å²) in [4.78, 5) is 14.8. The van der Waals surface area contributed by atoms with Crippen molar-refractivity contribution in [3.63, 3.8) is 0 Å². The van der Waals surface area contributed by atoms with Gasteiger partial charge in [0.05, 0.1) is 6.33 Å². The number of amides is 1. The summed E-state index contributed by atoms with van der Waals surface area (Å²) in [5, 5.41) is 0. The Bertz CT molecular complexity index is 331. The van der Waals surface area contributed by atoms with E-state index in [1.807, 2.05) is 16.3 Å². The number of hydrogen-bond acceptors (Lipinski definition) is 3. The minimum Gasteiger partial charge on any atom is -0.364 e. The van der Waals surface area contributed by atoms with Gasteiger partial charge in [-0.3, -0.25) is 4.79 Å². The van der Waals surface area contributed by atoms with E-state index in [9.17, 15) is 4.79 Å². The number of imidazole rings is 1. The molecule has 0 saturated carbocycles. The largest absolute Gasteiger partial charge is 0.364 e. The Balaban J connectivity index is 2.11. The van der Waals surface area contributed by atoms with E-state index in [0.29, 0.717) is 11.7 Å². The topological polar surface area (TPSA) is 60.9 Å². The van der Waals surface area contributed by atoms with Crippen molar-refractivity contribution in [1.82, 2.24) is 9.55 Å². The molecule has 1 aliphatic heterocycles. The quantitative estimate of drug-likeness (QED) is 0.795. The fourth-order valence-corrected chi connectivity index (χ4v) is 2.73. The Kier molecular flexibility index (Phi) is 2.77. The lowest BCUT2D eigenvalue weighted by Crippen LogP contribution is -2.14. The van der Waals surface area contributed by atoms with Gasteiger partial charge in [0.15, 0.2) is 0 Å². The highest BCUT2D eigenvalue weighted by Gasteiger charge is 2.16. The fraction of sp³-hybridized carbons (Fsp3) is 0.556. The molecule has 1 fully saturated rings. The van der Waals surface area contributed by atoms with Crippen LogP contribution in [0.1, 0.15) is 29.4 Å². The van der Waals surface area contributed by atoms with Crippen LogP contribution in [-0.2, 0) is 0 Å². The van der Waals surface area contributed by atoms with Gasteiger partial charge in [-0.05, 0) is 24.3 Å². The van der Waals surface area contributed by atoms with E-state index >= 15 is 0 Å². The van der Waals surface area contributed by atoms with Gasteiger partial charge >= 0.3 is 0 Å². The third-order valence-electron chi connectivity index (χ3n) is 2.47. The molecule has 0 aromatic carbocycles. The molecule has 0 spiro atoms. The number of aromatic nitrogens is 2. The number of carbonyl (C=O) groups is 1. The van der Waals surface area contributed by atoms with Gasteiger partial charge in [-0.15, -0.1) is 0 Å². The van der Waals surface area contributed by atoms with Crippen LogP contribution in [0, 0.1) is 0 Å². The molecule has 1 aromatic rings. The highest BCUT2D eigenvalue weighted by atomic mass is 32.2. The van der Waals surface area contributed by atoms with Gasteiger partial charge in [0.25, 0.3) is 5.91 Å². The molecule has 1 saturated heterocycles. The van der Waals surface area contributed by atoms with Gasteiger partial charge in [-0.2, -0.15) is 11.8 Å². The van der Waals surface area contributed by atoms with Crippen LogP contribution in [0.5, 0.6) is 0 Å². The first-order valence-electron chi connectivity index (χ1n) is 4.68. The summed E-state index contributed by atoms with van der Waals surface area (Å²) in [5.41, 5.74) is 5.50. The van der Waals surface area contributed by atoms with Crippen LogP contribution in [0.3, 0.4) is 0 Å². The Morgan fingerprint density at radius 3 is 2.86 bits per heavy atom. The predicted octanol–water partition coefficient (Wildman–Crippen LogP) is 1.05. The summed E-state index contributed by atoms with van der Waals surface area (Å²) in [7, 11) is 0. The highest BCUT2D eigenvalue weighted by molar-refractivity contribution is 7.99. The molecule has 4 nitrogen and oxygen atoms in total. The smallest absolute Gasteiger partial charge is 0.268 e. The van der Waals surface area contributed by atoms with Gasteiger partial charge in [0.1, 0.15) is 5.69 Å². The van der Waals surface area contributed by atoms with Gasteiger partial charge in [0, 0.05) is 12.2 Å². The Morgan fingerprint density at radius 2 is 2.29 bits per heavy atom. The van der Waals surface area contributed by atoms with Crippen LogP contribution < -0.4 is 5.73 Å². The summed E-state index contributed by atoms with van der Waals surface area (Å²) in [6.07, 6.45) is 5.77. The van der Waals surface area contributed by atoms with E-state index in [2.05, 4.69) is 4.98 Å². The standard InChI is InChI=1S/C9H13N3OS/c10-9(13)8-5-12(6-11-8)7-1-3-14-4-2-7/h5-7H,1-4H2,(H2,10,13). The maximum Gasteiger partial charge on any atom is 0.268 e. The average Bonchev–Trinajstić information content (AvgIpc) is 2.68. The number of carbonyl (C=O) groups excluding carboxylic acids is 1. The number of nitrogens with zero attached hydrogens (tertiary/aromatic N) is 2. The maximum atomic E-state index is 10.8. The molecule has 5 heteroatoms. The molecule has 0 unspecified atom stereocenters. The third-order valence-corrected chi connectivity index (χ3v) is 3.52. The van der Waals surface area contributed by atoms with E-state index < -0.39 is 5.91 Å². The van der Waals surface area contributed by atoms with Crippen LogP contribution in [0.15, 0.2) is 12.5 Å². The van der Waals surface area contributed by atoms with Gasteiger partial charge in [-0.1, -0.05) is 0 Å². The molecule has 1 aliphatic rings. The second-order valence-electron chi connectivity index (χ2n) is 3.41. The first-order valence-corrected chi connectivity index (χ1v) is 5.84. The Labute approximate surface area is 86.9 Å². The molecule has 2 heterocycles. The van der Waals surface area contributed by atoms with Crippen molar-refractivity contribution in [1.29, 1.82) is 0 Å². The van der Waals surface area contributed by atoms with Crippen LogP contribution in [0.25, 0.3) is 0 Å². The maximum absolute atomic E-state index is 10.8. The highest BCUT2D eigenvalue weighted by Crippen LogP contribution is 2.26. The van der Waals surface area contributed by atoms with Crippen LogP contribution in [-0.4, -0.2) is 27.0 Å². The minimum absolute atomic E-state index is 0.364. The van der Waals surface area contributed by atoms with Gasteiger partial charge in [-0.25, -0.2) is 4.98 Å². The number of primary amides is 1. The number of rotatable bonds is 2. The number of thioether (sulfide) groups is 1. The zero-order valence-electron chi connectivity index (χ0n) is 7.85. The summed E-state index contributed by atoms with van der Waals surface area (Å²) in [6, 6.07) is 0.497. The minimum atomic E-state index is -0.450. The Hall–Kier alpha value is -0.970. The predicted molar refractivity (Wildman–Crippen MR) is 56.3 cm³/mol. The SMILES string of the molecule is NC(=O)c1cn(C2CCSCC2)cn1. The molecular formula is C9H13N3OS. The second kappa shape index (κ2) is 4.04. The molecule has 0 aliphatic carbocycles. The normalized spacial score (nSPS) is 18.3. The third kappa shape index (κ3) is 1.92. The molecule has 1 amide bonds. The average molecular weight is 211 g/mol. The molecule has 1 aromatic heterocycles.